The van der Waals surface area contributed by atoms with E-state index in [4.69, 9.17) is 14.6 Å². The maximum Gasteiger partial charge on any atom is 0.262 e. The van der Waals surface area contributed by atoms with Crippen molar-refractivity contribution >= 4 is 29.8 Å². The minimum absolute atomic E-state index is 0.213. The molecule has 4 aromatic carbocycles. The van der Waals surface area contributed by atoms with Gasteiger partial charge in [0.1, 0.15) is 23.2 Å². The van der Waals surface area contributed by atoms with Crippen LogP contribution in [0.5, 0.6) is 11.5 Å². The van der Waals surface area contributed by atoms with E-state index in [0.717, 1.165) is 86.7 Å². The lowest BCUT2D eigenvalue weighted by Crippen LogP contribution is -2.49. The predicted molar refractivity (Wildman–Crippen MR) is 224 cm³/mol. The molecule has 302 valence electrons. The van der Waals surface area contributed by atoms with Gasteiger partial charge in [-0.1, -0.05) is 54.9 Å². The van der Waals surface area contributed by atoms with Gasteiger partial charge >= 0.3 is 0 Å². The van der Waals surface area contributed by atoms with Crippen molar-refractivity contribution in [3.05, 3.63) is 138 Å². The molecule has 1 aliphatic carbocycles. The van der Waals surface area contributed by atoms with E-state index in [1.807, 2.05) is 90.6 Å². The lowest BCUT2D eigenvalue weighted by atomic mass is 9.98. The second-order valence-electron chi connectivity index (χ2n) is 14.6. The monoisotopic (exact) mass is 802 g/mol. The minimum atomic E-state index is -1.07. The molecule has 13 heteroatoms. The van der Waals surface area contributed by atoms with Gasteiger partial charge in [-0.3, -0.25) is 34.4 Å². The van der Waals surface area contributed by atoms with Crippen LogP contribution in [-0.2, 0) is 16.0 Å². The molecule has 2 aromatic heterocycles. The summed E-state index contributed by atoms with van der Waals surface area (Å²) < 4.78 is 14.0. The Morgan fingerprint density at radius 2 is 1.52 bits per heavy atom. The fourth-order valence-electron chi connectivity index (χ4n) is 7.75. The molecule has 13 nitrogen and oxygen atoms in total. The first kappa shape index (κ1) is 39.4. The summed E-state index contributed by atoms with van der Waals surface area (Å²) in [6, 6.07) is 29.4. The van der Waals surface area contributed by atoms with Crippen molar-refractivity contribution < 1.29 is 33.9 Å². The maximum absolute atomic E-state index is 13.4. The number of carbonyl (C=O) groups is 4. The first-order valence-electron chi connectivity index (χ1n) is 19.9. The molecule has 4 amide bonds. The number of aryl methyl sites for hydroxylation is 1. The number of benzene rings is 4. The molecule has 2 N–H and O–H groups in total. The molecule has 6 aromatic rings. The van der Waals surface area contributed by atoms with Crippen molar-refractivity contribution in [2.75, 3.05) is 13.2 Å². The van der Waals surface area contributed by atoms with Crippen LogP contribution < -0.4 is 14.8 Å². The van der Waals surface area contributed by atoms with Crippen molar-refractivity contribution in [1.82, 2.24) is 25.0 Å². The van der Waals surface area contributed by atoms with Gasteiger partial charge < -0.3 is 14.7 Å². The highest BCUT2D eigenvalue weighted by molar-refractivity contribution is 6.23. The number of carbonyl (C=O) groups excluding carboxylic acids is 4. The van der Waals surface area contributed by atoms with Crippen LogP contribution in [0.2, 0.25) is 0 Å². The molecule has 1 unspecified atom stereocenters. The first-order chi connectivity index (χ1) is 29.4. The van der Waals surface area contributed by atoms with Gasteiger partial charge in [0.25, 0.3) is 11.8 Å². The highest BCUT2D eigenvalue weighted by Crippen LogP contribution is 2.36. The van der Waals surface area contributed by atoms with E-state index in [1.165, 1.54) is 0 Å². The third-order valence-electron chi connectivity index (χ3n) is 10.8. The van der Waals surface area contributed by atoms with Crippen LogP contribution in [0.1, 0.15) is 70.9 Å². The lowest BCUT2D eigenvalue weighted by Gasteiger charge is -2.23. The quantitative estimate of drug-likeness (QED) is 0.0329. The molecule has 1 aliphatic heterocycles. The molecule has 2 aliphatic rings. The van der Waals surface area contributed by atoms with E-state index in [2.05, 4.69) is 21.5 Å². The molecule has 60 heavy (non-hydrogen) atoms. The third kappa shape index (κ3) is 8.01. The normalized spacial score (nSPS) is 14.2. The van der Waals surface area contributed by atoms with E-state index in [-0.39, 0.29) is 24.0 Å². The van der Waals surface area contributed by atoms with E-state index in [9.17, 15) is 24.4 Å². The van der Waals surface area contributed by atoms with Crippen molar-refractivity contribution in [2.45, 2.75) is 51.5 Å². The van der Waals surface area contributed by atoms with Crippen molar-refractivity contribution in [1.29, 1.82) is 0 Å². The summed E-state index contributed by atoms with van der Waals surface area (Å²) in [6.07, 6.45) is 9.66. The molecule has 3 heterocycles. The van der Waals surface area contributed by atoms with Gasteiger partial charge in [0.2, 0.25) is 12.3 Å². The second kappa shape index (κ2) is 17.6. The summed E-state index contributed by atoms with van der Waals surface area (Å²) in [7, 11) is 0. The number of rotatable bonds is 16. The van der Waals surface area contributed by atoms with Gasteiger partial charge in [-0.05, 0) is 115 Å². The zero-order valence-electron chi connectivity index (χ0n) is 32.9. The van der Waals surface area contributed by atoms with Crippen molar-refractivity contribution in [2.24, 2.45) is 5.16 Å². The summed E-state index contributed by atoms with van der Waals surface area (Å²) in [5.74, 6) is -0.395. The molecule has 0 spiro atoms. The van der Waals surface area contributed by atoms with Gasteiger partial charge in [-0.15, -0.1) is 0 Å². The lowest BCUT2D eigenvalue weighted by molar-refractivity contribution is -0.128. The SMILES string of the molecule is CCCC(C(=O)NC=O)N1C(=O)c2ccc(-c3cccc(OCCCCOc4ccc(-n5cc(-c6ccc7c(c6)CC/C7=N\O)c(-c6ccncc6)n5)cc4)c3)cc2C1=O. The van der Waals surface area contributed by atoms with Gasteiger partial charge in [-0.25, -0.2) is 4.68 Å². The van der Waals surface area contributed by atoms with Gasteiger partial charge in [0.05, 0.1) is 35.7 Å². The Morgan fingerprint density at radius 3 is 2.27 bits per heavy atom. The van der Waals surface area contributed by atoms with Crippen molar-refractivity contribution in [3.63, 3.8) is 0 Å². The van der Waals surface area contributed by atoms with E-state index < -0.39 is 23.8 Å². The maximum atomic E-state index is 13.4. The minimum Gasteiger partial charge on any atom is -0.494 e. The predicted octanol–water partition coefficient (Wildman–Crippen LogP) is 7.67. The zero-order chi connectivity index (χ0) is 41.6. The van der Waals surface area contributed by atoms with Gasteiger partial charge in [-0.2, -0.15) is 5.10 Å². The number of nitrogens with one attached hydrogen (secondary N) is 1. The summed E-state index contributed by atoms with van der Waals surface area (Å²) in [6.45, 7) is 2.82. The van der Waals surface area contributed by atoms with E-state index in [0.29, 0.717) is 31.1 Å². The number of hydrogen-bond donors (Lipinski definition) is 2. The average molecular weight is 803 g/mol. The number of amides is 4. The highest BCUT2D eigenvalue weighted by atomic mass is 16.5. The van der Waals surface area contributed by atoms with Crippen LogP contribution in [0.4, 0.5) is 0 Å². The van der Waals surface area contributed by atoms with Crippen LogP contribution >= 0.6 is 0 Å². The number of nitrogens with zero attached hydrogens (tertiary/aromatic N) is 5. The largest absolute Gasteiger partial charge is 0.494 e. The number of oxime groups is 1. The average Bonchev–Trinajstić information content (AvgIpc) is 3.98. The molecule has 0 bridgehead atoms. The Balaban J connectivity index is 0.857. The van der Waals surface area contributed by atoms with Gasteiger partial charge in [0.15, 0.2) is 0 Å². The number of aromatic nitrogens is 3. The standard InChI is InChI=1S/C47H42N6O7/c1-2-6-43(45(55)49-29-54)53-46(56)39-17-9-32(27-40(39)47(53)57)31-7-5-8-37(26-31)60-24-4-3-23-59-36-14-12-35(13-15-36)52-28-41(44(50-52)30-19-21-48-22-20-30)34-10-16-38-33(25-34)11-18-42(38)51-58/h5,7-10,12-17,19-22,25-29,43,58H,2-4,6,11,18,23-24H2,1H3,(H,49,54,55)/b51-42+. The summed E-state index contributed by atoms with van der Waals surface area (Å²) >= 11 is 0. The van der Waals surface area contributed by atoms with Crippen LogP contribution in [-0.4, -0.2) is 74.0 Å². The highest BCUT2D eigenvalue weighted by Gasteiger charge is 2.42. The topological polar surface area (TPSA) is 165 Å². The molecular weight excluding hydrogens is 761 g/mol. The summed E-state index contributed by atoms with van der Waals surface area (Å²) in [4.78, 5) is 55.2. The van der Waals surface area contributed by atoms with Crippen molar-refractivity contribution in [3.8, 4) is 50.7 Å². The Bertz CT molecular complexity index is 2600. The molecule has 0 saturated heterocycles. The van der Waals surface area contributed by atoms with E-state index in [1.54, 1.807) is 30.6 Å². The number of pyridine rings is 1. The van der Waals surface area contributed by atoms with Crippen LogP contribution in [0.3, 0.4) is 0 Å². The van der Waals surface area contributed by atoms with Crippen LogP contribution in [0.25, 0.3) is 39.2 Å². The molecule has 1 atom stereocenters. The molecule has 8 rings (SSSR count). The summed E-state index contributed by atoms with van der Waals surface area (Å²) in [5.41, 5.74) is 9.52. The summed E-state index contributed by atoms with van der Waals surface area (Å²) in [5, 5.41) is 19.9. The second-order valence-corrected chi connectivity index (χ2v) is 14.6. The number of unbranched alkanes of at least 4 members (excludes halogenated alkanes) is 1. The third-order valence-corrected chi connectivity index (χ3v) is 10.8. The molecular formula is C47H42N6O7. The Morgan fingerprint density at radius 1 is 0.800 bits per heavy atom. The zero-order valence-corrected chi connectivity index (χ0v) is 32.9. The molecule has 0 radical (unpaired) electrons. The van der Waals surface area contributed by atoms with Crippen LogP contribution in [0, 0.1) is 0 Å². The number of fused-ring (bicyclic) bond motifs is 2. The number of hydrogen-bond acceptors (Lipinski definition) is 10. The first-order valence-corrected chi connectivity index (χ1v) is 19.9. The molecule has 0 saturated carbocycles. The van der Waals surface area contributed by atoms with Gasteiger partial charge in [0, 0.05) is 35.3 Å². The van der Waals surface area contributed by atoms with Crippen LogP contribution in [0.15, 0.2) is 121 Å². The van der Waals surface area contributed by atoms with E-state index >= 15 is 0 Å². The number of imide groups is 2. The smallest absolute Gasteiger partial charge is 0.262 e. The Labute approximate surface area is 346 Å². The molecule has 0 fully saturated rings. The number of ether oxygens (including phenoxy) is 2. The Kier molecular flexibility index (Phi) is 11.6. The fourth-order valence-corrected chi connectivity index (χ4v) is 7.75. The fraction of sp³-hybridized carbons (Fsp3) is 0.213. The Hall–Kier alpha value is -7.41.